The van der Waals surface area contributed by atoms with Crippen molar-refractivity contribution >= 4 is 27.3 Å². The Morgan fingerprint density at radius 1 is 1.17 bits per heavy atom. The van der Waals surface area contributed by atoms with Gasteiger partial charge in [0.05, 0.1) is 22.8 Å². The molecule has 1 aromatic heterocycles. The van der Waals surface area contributed by atoms with Gasteiger partial charge in [-0.05, 0) is 37.3 Å². The van der Waals surface area contributed by atoms with E-state index in [1.165, 1.54) is 21.3 Å². The lowest BCUT2D eigenvalue weighted by molar-refractivity contribution is -0.121. The third-order valence-electron chi connectivity index (χ3n) is 4.66. The number of sulfonamides is 1. The number of para-hydroxylation sites is 1. The highest BCUT2D eigenvalue weighted by molar-refractivity contribution is 7.92. The number of carbonyl (C=O) groups is 1. The second kappa shape index (κ2) is 7.79. The van der Waals surface area contributed by atoms with Crippen LogP contribution >= 0.6 is 0 Å². The summed E-state index contributed by atoms with van der Waals surface area (Å²) in [5.41, 5.74) is 0.906. The topological polar surface area (TPSA) is 106 Å². The summed E-state index contributed by atoms with van der Waals surface area (Å²) in [7, 11) is -3.86. The summed E-state index contributed by atoms with van der Waals surface area (Å²) in [5.74, 6) is 0.788. The van der Waals surface area contributed by atoms with Gasteiger partial charge < -0.3 is 9.26 Å². The van der Waals surface area contributed by atoms with Crippen LogP contribution in [0.2, 0.25) is 0 Å². The lowest BCUT2D eigenvalue weighted by atomic mass is 10.2. The van der Waals surface area contributed by atoms with Gasteiger partial charge in [-0.15, -0.1) is 0 Å². The van der Waals surface area contributed by atoms with Crippen molar-refractivity contribution in [1.29, 1.82) is 0 Å². The minimum atomic E-state index is -3.86. The summed E-state index contributed by atoms with van der Waals surface area (Å²) < 4.78 is 38.4. The Labute approximate surface area is 173 Å². The van der Waals surface area contributed by atoms with E-state index >= 15 is 0 Å². The number of hydrogen-bond acceptors (Lipinski definition) is 7. The summed E-state index contributed by atoms with van der Waals surface area (Å²) in [6.45, 7) is 3.57. The largest absolute Gasteiger partial charge is 0.482 e. The molecule has 2 heterocycles. The molecule has 1 amide bonds. The molecule has 0 saturated carbocycles. The molecule has 0 fully saturated rings. The number of nitrogens with zero attached hydrogens (tertiary/aromatic N) is 4. The van der Waals surface area contributed by atoms with Crippen LogP contribution in [0.3, 0.4) is 0 Å². The van der Waals surface area contributed by atoms with Crippen molar-refractivity contribution in [3.05, 3.63) is 60.2 Å². The normalized spacial score (nSPS) is 13.7. The molecule has 2 aromatic carbocycles. The Kier molecular flexibility index (Phi) is 5.17. The van der Waals surface area contributed by atoms with Crippen LogP contribution in [0, 0.1) is 6.92 Å². The highest BCUT2D eigenvalue weighted by Crippen LogP contribution is 2.36. The molecule has 30 heavy (non-hydrogen) atoms. The maximum absolute atomic E-state index is 13.3. The zero-order valence-corrected chi connectivity index (χ0v) is 17.3. The summed E-state index contributed by atoms with van der Waals surface area (Å²) in [5, 5.41) is 3.82. The summed E-state index contributed by atoms with van der Waals surface area (Å²) in [6.07, 6.45) is 0. The number of anilines is 2. The van der Waals surface area contributed by atoms with Gasteiger partial charge in [-0.1, -0.05) is 23.4 Å². The molecule has 0 radical (unpaired) electrons. The summed E-state index contributed by atoms with van der Waals surface area (Å²) in [6, 6.07) is 13.3. The van der Waals surface area contributed by atoms with E-state index in [1.54, 1.807) is 44.2 Å². The van der Waals surface area contributed by atoms with Crippen molar-refractivity contribution in [2.45, 2.75) is 25.3 Å². The van der Waals surface area contributed by atoms with Crippen LogP contribution in [-0.2, 0) is 21.4 Å². The lowest BCUT2D eigenvalue weighted by Crippen LogP contribution is -2.39. The van der Waals surface area contributed by atoms with Crippen molar-refractivity contribution in [3.8, 4) is 5.75 Å². The second-order valence-corrected chi connectivity index (χ2v) is 8.50. The standard InChI is InChI=1S/C20H20N4O5S/c1-3-24(15-7-5-4-6-8-15)30(26,27)16-9-10-18-17(11-16)23(20(25)13-28-18)12-19-21-14(2)29-22-19/h4-11H,3,12-13H2,1-2H3. The van der Waals surface area contributed by atoms with Crippen LogP contribution in [0.25, 0.3) is 0 Å². The first kappa shape index (κ1) is 19.9. The average Bonchev–Trinajstić information content (AvgIpc) is 3.15. The van der Waals surface area contributed by atoms with Gasteiger partial charge >= 0.3 is 0 Å². The fraction of sp³-hybridized carbons (Fsp3) is 0.250. The molecule has 0 N–H and O–H groups in total. The van der Waals surface area contributed by atoms with E-state index in [1.807, 2.05) is 6.07 Å². The molecule has 3 aromatic rings. The van der Waals surface area contributed by atoms with Crippen molar-refractivity contribution in [2.24, 2.45) is 0 Å². The van der Waals surface area contributed by atoms with Crippen LogP contribution in [0.15, 0.2) is 57.9 Å². The quantitative estimate of drug-likeness (QED) is 0.594. The Morgan fingerprint density at radius 3 is 2.60 bits per heavy atom. The minimum absolute atomic E-state index is 0.0478. The summed E-state index contributed by atoms with van der Waals surface area (Å²) >= 11 is 0. The maximum atomic E-state index is 13.3. The third-order valence-corrected chi connectivity index (χ3v) is 6.56. The Hall–Kier alpha value is -3.40. The highest BCUT2D eigenvalue weighted by atomic mass is 32.2. The first-order valence-corrected chi connectivity index (χ1v) is 10.8. The Balaban J connectivity index is 1.74. The number of hydrogen-bond donors (Lipinski definition) is 0. The van der Waals surface area contributed by atoms with E-state index in [-0.39, 0.29) is 30.5 Å². The van der Waals surface area contributed by atoms with Gasteiger partial charge in [-0.25, -0.2) is 8.42 Å². The number of carbonyl (C=O) groups excluding carboxylic acids is 1. The number of rotatable bonds is 6. The zero-order valence-electron chi connectivity index (χ0n) is 16.5. The highest BCUT2D eigenvalue weighted by Gasteiger charge is 2.31. The van der Waals surface area contributed by atoms with Crippen molar-refractivity contribution in [2.75, 3.05) is 22.4 Å². The fourth-order valence-corrected chi connectivity index (χ4v) is 4.77. The van der Waals surface area contributed by atoms with E-state index in [9.17, 15) is 13.2 Å². The molecule has 0 unspecified atom stereocenters. The zero-order chi connectivity index (χ0) is 21.3. The number of benzene rings is 2. The molecule has 9 nitrogen and oxygen atoms in total. The molecule has 0 spiro atoms. The van der Waals surface area contributed by atoms with Crippen molar-refractivity contribution in [1.82, 2.24) is 10.1 Å². The molecule has 156 valence electrons. The van der Waals surface area contributed by atoms with E-state index in [0.717, 1.165) is 0 Å². The third kappa shape index (κ3) is 3.61. The fourth-order valence-electron chi connectivity index (χ4n) is 3.28. The van der Waals surface area contributed by atoms with Gasteiger partial charge in [-0.2, -0.15) is 4.98 Å². The predicted molar refractivity (Wildman–Crippen MR) is 109 cm³/mol. The summed E-state index contributed by atoms with van der Waals surface area (Å²) in [4.78, 5) is 18.1. The van der Waals surface area contributed by atoms with Gasteiger partial charge in [0.25, 0.3) is 15.9 Å². The maximum Gasteiger partial charge on any atom is 0.265 e. The smallest absolute Gasteiger partial charge is 0.265 e. The molecule has 0 saturated heterocycles. The lowest BCUT2D eigenvalue weighted by Gasteiger charge is -2.29. The molecule has 0 atom stereocenters. The molecular formula is C20H20N4O5S. The Morgan fingerprint density at radius 2 is 1.93 bits per heavy atom. The predicted octanol–water partition coefficient (Wildman–Crippen LogP) is 2.52. The average molecular weight is 428 g/mol. The number of ether oxygens (including phenoxy) is 1. The first-order valence-electron chi connectivity index (χ1n) is 9.34. The number of aromatic nitrogens is 2. The first-order chi connectivity index (χ1) is 14.4. The van der Waals surface area contributed by atoms with Crippen molar-refractivity contribution in [3.63, 3.8) is 0 Å². The van der Waals surface area contributed by atoms with E-state index in [0.29, 0.717) is 28.8 Å². The minimum Gasteiger partial charge on any atom is -0.482 e. The second-order valence-electron chi connectivity index (χ2n) is 6.63. The van der Waals surface area contributed by atoms with Gasteiger partial charge in [0.2, 0.25) is 5.89 Å². The van der Waals surface area contributed by atoms with Gasteiger partial charge in [0.15, 0.2) is 12.4 Å². The number of fused-ring (bicyclic) bond motifs is 1. The van der Waals surface area contributed by atoms with Gasteiger partial charge in [-0.3, -0.25) is 14.0 Å². The van der Waals surface area contributed by atoms with Crippen LogP contribution in [-0.4, -0.2) is 37.6 Å². The monoisotopic (exact) mass is 428 g/mol. The molecular weight excluding hydrogens is 408 g/mol. The number of aryl methyl sites for hydroxylation is 1. The SMILES string of the molecule is CCN(c1ccccc1)S(=O)(=O)c1ccc2c(c1)N(Cc1noc(C)n1)C(=O)CO2. The van der Waals surface area contributed by atoms with E-state index in [2.05, 4.69) is 10.1 Å². The molecule has 1 aliphatic heterocycles. The molecule has 10 heteroatoms. The number of amides is 1. The molecule has 0 bridgehead atoms. The molecule has 0 aliphatic carbocycles. The van der Waals surface area contributed by atoms with Gasteiger partial charge in [0.1, 0.15) is 5.75 Å². The molecule has 1 aliphatic rings. The van der Waals surface area contributed by atoms with Crippen LogP contribution in [0.4, 0.5) is 11.4 Å². The van der Waals surface area contributed by atoms with Crippen molar-refractivity contribution < 1.29 is 22.5 Å². The van der Waals surface area contributed by atoms with Crippen LogP contribution < -0.4 is 13.9 Å². The van der Waals surface area contributed by atoms with Crippen LogP contribution in [0.5, 0.6) is 5.75 Å². The van der Waals surface area contributed by atoms with E-state index in [4.69, 9.17) is 9.26 Å². The van der Waals surface area contributed by atoms with E-state index < -0.39 is 10.0 Å². The molecule has 4 rings (SSSR count). The van der Waals surface area contributed by atoms with Crippen LogP contribution in [0.1, 0.15) is 18.6 Å². The Bertz CT molecular complexity index is 1180. The van der Waals surface area contributed by atoms with Gasteiger partial charge in [0, 0.05) is 13.5 Å².